The molecule has 0 aromatic carbocycles. The van der Waals surface area contributed by atoms with E-state index in [1.807, 2.05) is 0 Å². The van der Waals surface area contributed by atoms with Crippen molar-refractivity contribution in [3.05, 3.63) is 33.2 Å². The van der Waals surface area contributed by atoms with Crippen LogP contribution in [0.4, 0.5) is 11.4 Å². The first-order valence-corrected chi connectivity index (χ1v) is 8.33. The summed E-state index contributed by atoms with van der Waals surface area (Å²) < 4.78 is 27.1. The molecular weight excluding hydrogens is 350 g/mol. The molecule has 0 bridgehead atoms. The quantitative estimate of drug-likeness (QED) is 0.911. The van der Waals surface area contributed by atoms with Crippen LogP contribution in [0.15, 0.2) is 33.2 Å². The maximum atomic E-state index is 12.6. The molecule has 2 heterocycles. The van der Waals surface area contributed by atoms with Gasteiger partial charge in [-0.2, -0.15) is 0 Å². The SMILES string of the molecule is Cc1sc(Br)cc1S(=O)(=O)N(C)c1ccncc1N. The van der Waals surface area contributed by atoms with Crippen molar-refractivity contribution in [1.82, 2.24) is 4.98 Å². The average Bonchev–Trinajstić information content (AvgIpc) is 2.69. The number of nitrogens with zero attached hydrogens (tertiary/aromatic N) is 2. The van der Waals surface area contributed by atoms with Crippen LogP contribution in [0.25, 0.3) is 0 Å². The van der Waals surface area contributed by atoms with Gasteiger partial charge in [-0.1, -0.05) is 0 Å². The van der Waals surface area contributed by atoms with Crippen LogP contribution in [-0.4, -0.2) is 20.4 Å². The van der Waals surface area contributed by atoms with Gasteiger partial charge in [-0.15, -0.1) is 11.3 Å². The Morgan fingerprint density at radius 3 is 2.68 bits per heavy atom. The summed E-state index contributed by atoms with van der Waals surface area (Å²) in [5, 5.41) is 0. The minimum Gasteiger partial charge on any atom is -0.396 e. The van der Waals surface area contributed by atoms with E-state index in [0.29, 0.717) is 11.4 Å². The molecule has 0 aliphatic rings. The van der Waals surface area contributed by atoms with E-state index in [2.05, 4.69) is 20.9 Å². The van der Waals surface area contributed by atoms with E-state index in [-0.39, 0.29) is 4.90 Å². The number of thiophene rings is 1. The fourth-order valence-electron chi connectivity index (χ4n) is 1.65. The number of sulfonamides is 1. The van der Waals surface area contributed by atoms with Crippen LogP contribution >= 0.6 is 27.3 Å². The third-order valence-electron chi connectivity index (χ3n) is 2.65. The Hall–Kier alpha value is -1.12. The number of hydrogen-bond acceptors (Lipinski definition) is 5. The van der Waals surface area contributed by atoms with Crippen LogP contribution in [-0.2, 0) is 10.0 Å². The minimum atomic E-state index is -3.62. The van der Waals surface area contributed by atoms with E-state index in [0.717, 1.165) is 8.66 Å². The second-order valence-electron chi connectivity index (χ2n) is 3.88. The molecule has 0 aliphatic heterocycles. The third-order valence-corrected chi connectivity index (χ3v) is 6.23. The molecule has 0 spiro atoms. The molecule has 2 aromatic heterocycles. The van der Waals surface area contributed by atoms with Crippen LogP contribution in [0.2, 0.25) is 0 Å². The summed E-state index contributed by atoms with van der Waals surface area (Å²) in [7, 11) is -2.14. The van der Waals surface area contributed by atoms with Gasteiger partial charge in [0.25, 0.3) is 10.0 Å². The van der Waals surface area contributed by atoms with Crippen LogP contribution in [0, 0.1) is 6.92 Å². The van der Waals surface area contributed by atoms with Crippen molar-refractivity contribution in [2.75, 3.05) is 17.1 Å². The summed E-state index contributed by atoms with van der Waals surface area (Å²) in [6, 6.07) is 3.17. The number of pyridine rings is 1. The first kappa shape index (κ1) is 14.3. The van der Waals surface area contributed by atoms with Crippen molar-refractivity contribution in [3.63, 3.8) is 0 Å². The number of anilines is 2. The molecule has 0 saturated heterocycles. The van der Waals surface area contributed by atoms with Crippen molar-refractivity contribution in [2.24, 2.45) is 0 Å². The van der Waals surface area contributed by atoms with Gasteiger partial charge in [0.1, 0.15) is 4.90 Å². The lowest BCUT2D eigenvalue weighted by Crippen LogP contribution is -2.27. The molecule has 19 heavy (non-hydrogen) atoms. The normalized spacial score (nSPS) is 11.5. The Balaban J connectivity index is 2.52. The van der Waals surface area contributed by atoms with Gasteiger partial charge in [0.15, 0.2) is 0 Å². The highest BCUT2D eigenvalue weighted by Crippen LogP contribution is 2.33. The Bertz CT molecular complexity index is 712. The topological polar surface area (TPSA) is 76.3 Å². The summed E-state index contributed by atoms with van der Waals surface area (Å²) in [5.41, 5.74) is 6.50. The van der Waals surface area contributed by atoms with E-state index in [1.54, 1.807) is 19.1 Å². The van der Waals surface area contributed by atoms with Crippen molar-refractivity contribution >= 4 is 48.7 Å². The third kappa shape index (κ3) is 2.60. The molecule has 0 radical (unpaired) electrons. The number of aryl methyl sites for hydroxylation is 1. The molecule has 0 fully saturated rings. The average molecular weight is 362 g/mol. The minimum absolute atomic E-state index is 0.281. The van der Waals surface area contributed by atoms with Crippen molar-refractivity contribution in [2.45, 2.75) is 11.8 Å². The summed E-state index contributed by atoms with van der Waals surface area (Å²) >= 11 is 4.68. The Labute approximate surface area is 124 Å². The molecule has 5 nitrogen and oxygen atoms in total. The maximum absolute atomic E-state index is 12.6. The molecule has 0 unspecified atom stereocenters. The van der Waals surface area contributed by atoms with Gasteiger partial charge in [0, 0.05) is 18.1 Å². The largest absolute Gasteiger partial charge is 0.396 e. The summed E-state index contributed by atoms with van der Waals surface area (Å²) in [5.74, 6) is 0. The van der Waals surface area contributed by atoms with Gasteiger partial charge in [-0.05, 0) is 35.0 Å². The highest BCUT2D eigenvalue weighted by Gasteiger charge is 2.26. The Morgan fingerprint density at radius 2 is 2.16 bits per heavy atom. The molecule has 0 amide bonds. The number of halogens is 1. The molecule has 0 aliphatic carbocycles. The summed E-state index contributed by atoms with van der Waals surface area (Å²) in [4.78, 5) is 4.86. The van der Waals surface area contributed by atoms with Crippen LogP contribution in [0.5, 0.6) is 0 Å². The molecule has 2 rings (SSSR count). The maximum Gasteiger partial charge on any atom is 0.265 e. The van der Waals surface area contributed by atoms with E-state index < -0.39 is 10.0 Å². The van der Waals surface area contributed by atoms with E-state index in [1.165, 1.54) is 35.1 Å². The number of aromatic nitrogens is 1. The molecule has 8 heteroatoms. The van der Waals surface area contributed by atoms with E-state index >= 15 is 0 Å². The van der Waals surface area contributed by atoms with Crippen LogP contribution < -0.4 is 10.0 Å². The van der Waals surface area contributed by atoms with Gasteiger partial charge in [0.2, 0.25) is 0 Å². The molecule has 102 valence electrons. The standard InChI is InChI=1S/C11H12BrN3O2S2/c1-7-10(5-11(12)18-7)19(16,17)15(2)9-3-4-14-6-8(9)13/h3-6H,13H2,1-2H3. The fourth-order valence-corrected chi connectivity index (χ4v) is 5.25. The molecule has 2 aromatic rings. The molecule has 2 N–H and O–H groups in total. The van der Waals surface area contributed by atoms with Crippen LogP contribution in [0.1, 0.15) is 4.88 Å². The lowest BCUT2D eigenvalue weighted by atomic mass is 10.3. The monoisotopic (exact) mass is 361 g/mol. The van der Waals surface area contributed by atoms with Crippen molar-refractivity contribution < 1.29 is 8.42 Å². The van der Waals surface area contributed by atoms with Gasteiger partial charge in [-0.3, -0.25) is 9.29 Å². The number of rotatable bonds is 3. The van der Waals surface area contributed by atoms with Gasteiger partial charge in [-0.25, -0.2) is 8.42 Å². The van der Waals surface area contributed by atoms with E-state index in [4.69, 9.17) is 5.73 Å². The predicted molar refractivity (Wildman–Crippen MR) is 81.0 cm³/mol. The second kappa shape index (κ2) is 5.10. The number of hydrogen-bond donors (Lipinski definition) is 1. The highest BCUT2D eigenvalue weighted by atomic mass is 79.9. The molecule has 0 atom stereocenters. The van der Waals surface area contributed by atoms with Crippen molar-refractivity contribution in [1.29, 1.82) is 0 Å². The first-order valence-electron chi connectivity index (χ1n) is 5.28. The second-order valence-corrected chi connectivity index (χ2v) is 8.45. The highest BCUT2D eigenvalue weighted by molar-refractivity contribution is 9.11. The lowest BCUT2D eigenvalue weighted by Gasteiger charge is -2.20. The Kier molecular flexibility index (Phi) is 3.84. The Morgan fingerprint density at radius 1 is 1.47 bits per heavy atom. The summed E-state index contributed by atoms with van der Waals surface area (Å²) in [6.07, 6.45) is 2.94. The van der Waals surface area contributed by atoms with Gasteiger partial charge >= 0.3 is 0 Å². The molecular formula is C11H12BrN3O2S2. The van der Waals surface area contributed by atoms with Gasteiger partial charge < -0.3 is 5.73 Å². The zero-order valence-electron chi connectivity index (χ0n) is 10.3. The number of nitrogen functional groups attached to an aromatic ring is 1. The zero-order chi connectivity index (χ0) is 14.2. The zero-order valence-corrected chi connectivity index (χ0v) is 13.5. The summed E-state index contributed by atoms with van der Waals surface area (Å²) in [6.45, 7) is 1.77. The van der Waals surface area contributed by atoms with Gasteiger partial charge in [0.05, 0.1) is 21.4 Å². The van der Waals surface area contributed by atoms with Crippen LogP contribution in [0.3, 0.4) is 0 Å². The fraction of sp³-hybridized carbons (Fsp3) is 0.182. The smallest absolute Gasteiger partial charge is 0.265 e. The molecule has 0 saturated carbocycles. The van der Waals surface area contributed by atoms with E-state index in [9.17, 15) is 8.42 Å². The lowest BCUT2D eigenvalue weighted by molar-refractivity contribution is 0.594. The predicted octanol–water partition coefficient (Wildman–Crippen LogP) is 2.62. The van der Waals surface area contributed by atoms with Crippen molar-refractivity contribution in [3.8, 4) is 0 Å². The number of nitrogens with two attached hydrogens (primary N) is 1. The first-order chi connectivity index (χ1) is 8.84.